The molecular formula is C16H21NS2. The third-order valence-corrected chi connectivity index (χ3v) is 6.05. The van der Waals surface area contributed by atoms with Gasteiger partial charge in [-0.2, -0.15) is 0 Å². The Balaban J connectivity index is 2.27. The lowest BCUT2D eigenvalue weighted by atomic mass is 10.1. The Morgan fingerprint density at radius 2 is 1.89 bits per heavy atom. The quantitative estimate of drug-likeness (QED) is 0.790. The van der Waals surface area contributed by atoms with Gasteiger partial charge in [-0.1, -0.05) is 25.1 Å². The van der Waals surface area contributed by atoms with Gasteiger partial charge < -0.3 is 5.73 Å². The minimum absolute atomic E-state index is 0.197. The Hall–Kier alpha value is -0.770. The van der Waals surface area contributed by atoms with Crippen LogP contribution in [0.5, 0.6) is 0 Å². The number of benzene rings is 1. The Labute approximate surface area is 124 Å². The van der Waals surface area contributed by atoms with Gasteiger partial charge in [0.2, 0.25) is 0 Å². The molecule has 2 unspecified atom stereocenters. The van der Waals surface area contributed by atoms with Gasteiger partial charge in [0.05, 0.1) is 5.25 Å². The van der Waals surface area contributed by atoms with Crippen molar-refractivity contribution in [2.24, 2.45) is 5.73 Å². The Morgan fingerprint density at radius 1 is 1.16 bits per heavy atom. The second-order valence-corrected chi connectivity index (χ2v) is 7.33. The molecule has 0 fully saturated rings. The van der Waals surface area contributed by atoms with Crippen LogP contribution in [0.3, 0.4) is 0 Å². The van der Waals surface area contributed by atoms with Crippen LogP contribution < -0.4 is 5.73 Å². The molecule has 1 heterocycles. The molecule has 0 radical (unpaired) electrons. The lowest BCUT2D eigenvalue weighted by Crippen LogP contribution is -2.25. The first-order valence-electron chi connectivity index (χ1n) is 6.66. The highest BCUT2D eigenvalue weighted by Crippen LogP contribution is 2.41. The molecule has 3 heteroatoms. The molecule has 102 valence electrons. The van der Waals surface area contributed by atoms with E-state index in [4.69, 9.17) is 5.73 Å². The molecule has 2 N–H and O–H groups in total. The molecule has 1 aromatic heterocycles. The fraction of sp³-hybridized carbons (Fsp3) is 0.375. The predicted molar refractivity (Wildman–Crippen MR) is 87.1 cm³/mol. The van der Waals surface area contributed by atoms with Crippen LogP contribution in [0.15, 0.2) is 41.3 Å². The fourth-order valence-electron chi connectivity index (χ4n) is 2.00. The summed E-state index contributed by atoms with van der Waals surface area (Å²) >= 11 is 3.76. The van der Waals surface area contributed by atoms with Crippen molar-refractivity contribution >= 4 is 23.1 Å². The maximum Gasteiger partial charge on any atom is 0.0589 e. The zero-order chi connectivity index (χ0) is 13.8. The zero-order valence-electron chi connectivity index (χ0n) is 11.7. The minimum atomic E-state index is 0.197. The van der Waals surface area contributed by atoms with Crippen LogP contribution in [0.4, 0.5) is 0 Å². The van der Waals surface area contributed by atoms with Gasteiger partial charge >= 0.3 is 0 Å². The molecule has 19 heavy (non-hydrogen) atoms. The third kappa shape index (κ3) is 3.62. The summed E-state index contributed by atoms with van der Waals surface area (Å²) in [5, 5.41) is 0.352. The highest BCUT2D eigenvalue weighted by atomic mass is 32.2. The van der Waals surface area contributed by atoms with E-state index in [2.05, 4.69) is 57.2 Å². The number of hydrogen-bond acceptors (Lipinski definition) is 3. The molecule has 2 atom stereocenters. The molecule has 0 amide bonds. The highest BCUT2D eigenvalue weighted by molar-refractivity contribution is 7.99. The van der Waals surface area contributed by atoms with Crippen molar-refractivity contribution in [1.82, 2.24) is 0 Å². The largest absolute Gasteiger partial charge is 0.326 e. The molecule has 1 aromatic carbocycles. The van der Waals surface area contributed by atoms with Crippen molar-refractivity contribution in [3.63, 3.8) is 0 Å². The van der Waals surface area contributed by atoms with E-state index in [9.17, 15) is 0 Å². The first-order valence-corrected chi connectivity index (χ1v) is 8.35. The molecule has 2 rings (SSSR count). The average Bonchev–Trinajstić information content (AvgIpc) is 2.83. The van der Waals surface area contributed by atoms with E-state index in [1.807, 2.05) is 23.1 Å². The number of nitrogens with two attached hydrogens (primary N) is 1. The maximum atomic E-state index is 6.34. The van der Waals surface area contributed by atoms with E-state index < -0.39 is 0 Å². The summed E-state index contributed by atoms with van der Waals surface area (Å²) in [6, 6.07) is 13.2. The molecule has 0 aliphatic carbocycles. The number of thioether (sulfide) groups is 1. The second-order valence-electron chi connectivity index (χ2n) is 4.82. The first-order chi connectivity index (χ1) is 9.11. The number of hydrogen-bond donors (Lipinski definition) is 1. The molecule has 2 aromatic rings. The van der Waals surface area contributed by atoms with Crippen molar-refractivity contribution in [1.29, 1.82) is 0 Å². The van der Waals surface area contributed by atoms with Crippen molar-refractivity contribution in [3.05, 3.63) is 51.7 Å². The van der Waals surface area contributed by atoms with Gasteiger partial charge in [0, 0.05) is 20.7 Å². The number of aryl methyl sites for hydroxylation is 2. The van der Waals surface area contributed by atoms with Crippen molar-refractivity contribution in [2.75, 3.05) is 0 Å². The summed E-state index contributed by atoms with van der Waals surface area (Å²) in [4.78, 5) is 4.08. The molecule has 0 spiro atoms. The van der Waals surface area contributed by atoms with Crippen LogP contribution in [-0.4, -0.2) is 6.04 Å². The van der Waals surface area contributed by atoms with Crippen LogP contribution in [-0.2, 0) is 0 Å². The van der Waals surface area contributed by atoms with Crippen molar-refractivity contribution in [2.45, 2.75) is 43.4 Å². The first kappa shape index (κ1) is 14.6. The third-order valence-electron chi connectivity index (χ3n) is 3.25. The van der Waals surface area contributed by atoms with Crippen LogP contribution >= 0.6 is 23.1 Å². The van der Waals surface area contributed by atoms with Gasteiger partial charge in [0.15, 0.2) is 0 Å². The summed E-state index contributed by atoms with van der Waals surface area (Å²) in [6.45, 7) is 6.48. The summed E-state index contributed by atoms with van der Waals surface area (Å²) in [5.41, 5.74) is 7.67. The summed E-state index contributed by atoms with van der Waals surface area (Å²) < 4.78 is 0. The zero-order valence-corrected chi connectivity index (χ0v) is 13.4. The SMILES string of the molecule is CCC(N)C(Sc1ccccc1C)c1ccc(C)s1. The van der Waals surface area contributed by atoms with Gasteiger partial charge in [-0.3, -0.25) is 0 Å². The lowest BCUT2D eigenvalue weighted by molar-refractivity contribution is 0.640. The van der Waals surface area contributed by atoms with E-state index >= 15 is 0 Å². The fourth-order valence-corrected chi connectivity index (χ4v) is 4.47. The van der Waals surface area contributed by atoms with E-state index in [0.29, 0.717) is 5.25 Å². The molecule has 0 saturated heterocycles. The van der Waals surface area contributed by atoms with Crippen LogP contribution in [0.1, 0.15) is 33.9 Å². The predicted octanol–water partition coefficient (Wildman–Crippen LogP) is 4.94. The monoisotopic (exact) mass is 291 g/mol. The van der Waals surface area contributed by atoms with Crippen LogP contribution in [0.2, 0.25) is 0 Å². The molecule has 0 saturated carbocycles. The van der Waals surface area contributed by atoms with Gasteiger partial charge in [-0.05, 0) is 44.0 Å². The standard InChI is InChI=1S/C16H21NS2/c1-4-13(17)16(15-10-9-12(3)18-15)19-14-8-6-5-7-11(14)2/h5-10,13,16H,4,17H2,1-3H3. The normalized spacial score (nSPS) is 14.3. The van der Waals surface area contributed by atoms with E-state index in [-0.39, 0.29) is 6.04 Å². The van der Waals surface area contributed by atoms with Gasteiger partial charge in [0.25, 0.3) is 0 Å². The molecule has 1 nitrogen and oxygen atoms in total. The van der Waals surface area contributed by atoms with E-state index in [1.54, 1.807) is 0 Å². The Morgan fingerprint density at radius 3 is 2.47 bits per heavy atom. The maximum absolute atomic E-state index is 6.34. The van der Waals surface area contributed by atoms with Crippen LogP contribution in [0.25, 0.3) is 0 Å². The molecule has 0 aliphatic heterocycles. The van der Waals surface area contributed by atoms with Crippen molar-refractivity contribution in [3.8, 4) is 0 Å². The van der Waals surface area contributed by atoms with Crippen molar-refractivity contribution < 1.29 is 0 Å². The van der Waals surface area contributed by atoms with Gasteiger partial charge in [-0.25, -0.2) is 0 Å². The second kappa shape index (κ2) is 6.60. The minimum Gasteiger partial charge on any atom is -0.326 e. The van der Waals surface area contributed by atoms with Gasteiger partial charge in [0.1, 0.15) is 0 Å². The number of rotatable bonds is 5. The van der Waals surface area contributed by atoms with Crippen LogP contribution in [0, 0.1) is 13.8 Å². The smallest absolute Gasteiger partial charge is 0.0589 e. The Bertz CT molecular complexity index is 533. The molecular weight excluding hydrogens is 270 g/mol. The number of thiophene rings is 1. The lowest BCUT2D eigenvalue weighted by Gasteiger charge is -2.22. The molecule has 0 aliphatic rings. The average molecular weight is 291 g/mol. The summed E-state index contributed by atoms with van der Waals surface area (Å²) in [7, 11) is 0. The summed E-state index contributed by atoms with van der Waals surface area (Å²) in [6.07, 6.45) is 1.00. The van der Waals surface area contributed by atoms with E-state index in [1.165, 1.54) is 20.2 Å². The Kier molecular flexibility index (Phi) is 5.08. The molecule has 0 bridgehead atoms. The van der Waals surface area contributed by atoms with Gasteiger partial charge in [-0.15, -0.1) is 23.1 Å². The summed E-state index contributed by atoms with van der Waals surface area (Å²) in [5.74, 6) is 0. The topological polar surface area (TPSA) is 26.0 Å². The highest BCUT2D eigenvalue weighted by Gasteiger charge is 2.21. The van der Waals surface area contributed by atoms with E-state index in [0.717, 1.165) is 6.42 Å².